The van der Waals surface area contributed by atoms with Crippen LogP contribution in [-0.4, -0.2) is 23.2 Å². The summed E-state index contributed by atoms with van der Waals surface area (Å²) in [6.07, 6.45) is 4.62. The molecule has 0 atom stereocenters. The second-order valence-corrected chi connectivity index (χ2v) is 5.94. The smallest absolute Gasteiger partial charge is 0.270 e. The molecule has 2 N–H and O–H groups in total. The van der Waals surface area contributed by atoms with Crippen LogP contribution in [0.25, 0.3) is 0 Å². The van der Waals surface area contributed by atoms with Crippen LogP contribution in [0.15, 0.2) is 23.2 Å². The summed E-state index contributed by atoms with van der Waals surface area (Å²) in [5, 5.41) is 11.4. The standard InChI is InChI=1S/C14H19N3O3S/c1-20-13-7-6-12(17(18)19)8-10(13)9-21-14(15)16-11-4-2-3-5-11/h6-8,11H,2-5,9H2,1H3,(H2,15,16). The van der Waals surface area contributed by atoms with Crippen molar-refractivity contribution >= 4 is 22.6 Å². The fourth-order valence-electron chi connectivity index (χ4n) is 2.39. The van der Waals surface area contributed by atoms with Crippen molar-refractivity contribution in [1.82, 2.24) is 0 Å². The molecule has 0 spiro atoms. The monoisotopic (exact) mass is 309 g/mol. The van der Waals surface area contributed by atoms with Crippen molar-refractivity contribution in [3.8, 4) is 5.75 Å². The Morgan fingerprint density at radius 3 is 2.86 bits per heavy atom. The van der Waals surface area contributed by atoms with Crippen LogP contribution in [0.3, 0.4) is 0 Å². The van der Waals surface area contributed by atoms with E-state index in [0.717, 1.165) is 18.4 Å². The van der Waals surface area contributed by atoms with Gasteiger partial charge in [-0.1, -0.05) is 24.6 Å². The van der Waals surface area contributed by atoms with Crippen molar-refractivity contribution in [2.45, 2.75) is 37.5 Å². The lowest BCUT2D eigenvalue weighted by Crippen LogP contribution is -2.11. The molecule has 1 aliphatic carbocycles. The van der Waals surface area contributed by atoms with Crippen LogP contribution in [0.5, 0.6) is 5.75 Å². The van der Waals surface area contributed by atoms with Gasteiger partial charge in [-0.2, -0.15) is 0 Å². The molecular weight excluding hydrogens is 290 g/mol. The molecule has 0 saturated heterocycles. The highest BCUT2D eigenvalue weighted by Crippen LogP contribution is 2.28. The third-order valence-corrected chi connectivity index (χ3v) is 4.34. The zero-order chi connectivity index (χ0) is 15.2. The lowest BCUT2D eigenvalue weighted by molar-refractivity contribution is -0.384. The Hall–Kier alpha value is -1.76. The molecule has 114 valence electrons. The average molecular weight is 309 g/mol. The van der Waals surface area contributed by atoms with Crippen molar-refractivity contribution in [3.63, 3.8) is 0 Å². The number of benzene rings is 1. The molecule has 1 aliphatic rings. The first-order valence-electron chi connectivity index (χ1n) is 6.87. The van der Waals surface area contributed by atoms with Crippen LogP contribution in [0.4, 0.5) is 5.69 Å². The van der Waals surface area contributed by atoms with E-state index in [-0.39, 0.29) is 5.69 Å². The third kappa shape index (κ3) is 4.35. The van der Waals surface area contributed by atoms with Crippen molar-refractivity contribution in [2.75, 3.05) is 7.11 Å². The van der Waals surface area contributed by atoms with Gasteiger partial charge in [-0.25, -0.2) is 0 Å². The number of nitro groups is 1. The summed E-state index contributed by atoms with van der Waals surface area (Å²) in [6.45, 7) is 0. The maximum atomic E-state index is 10.8. The number of rotatable bonds is 5. The Morgan fingerprint density at radius 1 is 1.52 bits per heavy atom. The Balaban J connectivity index is 2.04. The number of ether oxygens (including phenoxy) is 1. The van der Waals surface area contributed by atoms with E-state index in [1.165, 1.54) is 36.7 Å². The molecule has 6 nitrogen and oxygen atoms in total. The summed E-state index contributed by atoms with van der Waals surface area (Å²) < 4.78 is 5.23. The second-order valence-electron chi connectivity index (χ2n) is 4.95. The second kappa shape index (κ2) is 7.31. The highest BCUT2D eigenvalue weighted by atomic mass is 32.2. The minimum Gasteiger partial charge on any atom is -0.496 e. The predicted octanol–water partition coefficient (Wildman–Crippen LogP) is 3.09. The van der Waals surface area contributed by atoms with Crippen molar-refractivity contribution in [3.05, 3.63) is 33.9 Å². The quantitative estimate of drug-likeness (QED) is 0.390. The first-order chi connectivity index (χ1) is 10.1. The summed E-state index contributed by atoms with van der Waals surface area (Å²) in [4.78, 5) is 14.9. The number of nitrogens with two attached hydrogens (primary N) is 1. The van der Waals surface area contributed by atoms with E-state index in [1.54, 1.807) is 13.2 Å². The van der Waals surface area contributed by atoms with E-state index in [0.29, 0.717) is 22.7 Å². The Bertz CT molecular complexity index is 542. The van der Waals surface area contributed by atoms with E-state index in [1.807, 2.05) is 0 Å². The van der Waals surface area contributed by atoms with Gasteiger partial charge < -0.3 is 10.5 Å². The highest BCUT2D eigenvalue weighted by Gasteiger charge is 2.15. The highest BCUT2D eigenvalue weighted by molar-refractivity contribution is 8.13. The van der Waals surface area contributed by atoms with Gasteiger partial charge in [0.25, 0.3) is 5.69 Å². The predicted molar refractivity (Wildman–Crippen MR) is 84.8 cm³/mol. The van der Waals surface area contributed by atoms with Crippen molar-refractivity contribution in [2.24, 2.45) is 10.7 Å². The van der Waals surface area contributed by atoms with Crippen LogP contribution < -0.4 is 10.5 Å². The van der Waals surface area contributed by atoms with E-state index in [9.17, 15) is 10.1 Å². The van der Waals surface area contributed by atoms with Gasteiger partial charge in [0.15, 0.2) is 5.17 Å². The van der Waals surface area contributed by atoms with Crippen molar-refractivity contribution < 1.29 is 9.66 Å². The zero-order valence-electron chi connectivity index (χ0n) is 11.9. The van der Waals surface area contributed by atoms with Crippen LogP contribution >= 0.6 is 11.8 Å². The van der Waals surface area contributed by atoms with Crippen LogP contribution in [0, 0.1) is 10.1 Å². The SMILES string of the molecule is COc1ccc([N+](=O)[O-])cc1CSC(N)=NC1CCCC1. The summed E-state index contributed by atoms with van der Waals surface area (Å²) in [5.74, 6) is 1.13. The number of aliphatic imine (C=N–C) groups is 1. The van der Waals surface area contributed by atoms with Gasteiger partial charge in [0.05, 0.1) is 18.1 Å². The number of hydrogen-bond donors (Lipinski definition) is 1. The molecule has 1 saturated carbocycles. The minimum atomic E-state index is -0.413. The molecule has 0 aromatic heterocycles. The zero-order valence-corrected chi connectivity index (χ0v) is 12.8. The normalized spacial score (nSPS) is 16.1. The van der Waals surface area contributed by atoms with Gasteiger partial charge in [0.1, 0.15) is 5.75 Å². The number of non-ortho nitro benzene ring substituents is 1. The Labute approximate surface area is 127 Å². The lowest BCUT2D eigenvalue weighted by Gasteiger charge is -2.09. The molecule has 1 aromatic rings. The molecule has 7 heteroatoms. The summed E-state index contributed by atoms with van der Waals surface area (Å²) in [7, 11) is 1.55. The fraction of sp³-hybridized carbons (Fsp3) is 0.500. The summed E-state index contributed by atoms with van der Waals surface area (Å²) >= 11 is 1.39. The van der Waals surface area contributed by atoms with Gasteiger partial charge in [0.2, 0.25) is 0 Å². The first kappa shape index (κ1) is 15.6. The maximum absolute atomic E-state index is 10.8. The van der Waals surface area contributed by atoms with Gasteiger partial charge in [-0.3, -0.25) is 15.1 Å². The molecule has 1 fully saturated rings. The fourth-order valence-corrected chi connectivity index (χ4v) is 3.15. The lowest BCUT2D eigenvalue weighted by atomic mass is 10.2. The third-order valence-electron chi connectivity index (χ3n) is 3.48. The van der Waals surface area contributed by atoms with Crippen LogP contribution in [0.1, 0.15) is 31.2 Å². The van der Waals surface area contributed by atoms with E-state index < -0.39 is 4.92 Å². The molecular formula is C14H19N3O3S. The molecule has 0 bridgehead atoms. The molecule has 0 unspecified atom stereocenters. The van der Waals surface area contributed by atoms with Crippen molar-refractivity contribution in [1.29, 1.82) is 0 Å². The number of thioether (sulfide) groups is 1. The van der Waals surface area contributed by atoms with Crippen LogP contribution in [0.2, 0.25) is 0 Å². The molecule has 0 radical (unpaired) electrons. The number of methoxy groups -OCH3 is 1. The van der Waals surface area contributed by atoms with E-state index in [2.05, 4.69) is 4.99 Å². The topological polar surface area (TPSA) is 90.8 Å². The Morgan fingerprint density at radius 2 is 2.24 bits per heavy atom. The number of nitrogens with zero attached hydrogens (tertiary/aromatic N) is 2. The summed E-state index contributed by atoms with van der Waals surface area (Å²) in [6, 6.07) is 4.90. The first-order valence-corrected chi connectivity index (χ1v) is 7.86. The molecule has 0 amide bonds. The number of hydrogen-bond acceptors (Lipinski definition) is 5. The van der Waals surface area contributed by atoms with Gasteiger partial charge in [-0.05, 0) is 18.9 Å². The number of amidine groups is 1. The minimum absolute atomic E-state index is 0.0534. The molecule has 1 aromatic carbocycles. The Kier molecular flexibility index (Phi) is 5.44. The maximum Gasteiger partial charge on any atom is 0.270 e. The van der Waals surface area contributed by atoms with E-state index >= 15 is 0 Å². The largest absolute Gasteiger partial charge is 0.496 e. The van der Waals surface area contributed by atoms with Gasteiger partial charge >= 0.3 is 0 Å². The average Bonchev–Trinajstić information content (AvgIpc) is 2.97. The molecule has 21 heavy (non-hydrogen) atoms. The van der Waals surface area contributed by atoms with Gasteiger partial charge in [0, 0.05) is 23.4 Å². The van der Waals surface area contributed by atoms with E-state index in [4.69, 9.17) is 10.5 Å². The molecule has 0 heterocycles. The molecule has 2 rings (SSSR count). The van der Waals surface area contributed by atoms with Gasteiger partial charge in [-0.15, -0.1) is 0 Å². The molecule has 0 aliphatic heterocycles. The van der Waals surface area contributed by atoms with Crippen LogP contribution in [-0.2, 0) is 5.75 Å². The number of nitro benzene ring substituents is 1. The summed E-state index contributed by atoms with van der Waals surface area (Å²) in [5.41, 5.74) is 6.73.